The van der Waals surface area contributed by atoms with E-state index < -0.39 is 6.67 Å². The van der Waals surface area contributed by atoms with Gasteiger partial charge in [-0.3, -0.25) is 4.68 Å². The molecule has 56 valence electrons. The lowest BCUT2D eigenvalue weighted by Crippen LogP contribution is -1.90. The Morgan fingerprint density at radius 3 is 2.60 bits per heavy atom. The molecule has 0 N–H and O–H groups in total. The Morgan fingerprint density at radius 2 is 2.40 bits per heavy atom. The molecule has 0 aliphatic heterocycles. The highest BCUT2D eigenvalue weighted by molar-refractivity contribution is 9.10. The lowest BCUT2D eigenvalue weighted by molar-refractivity contribution is 0.470. The molecule has 1 heterocycles. The van der Waals surface area contributed by atoms with Gasteiger partial charge in [-0.05, 0) is 15.9 Å². The lowest BCUT2D eigenvalue weighted by Gasteiger charge is -1.86. The van der Waals surface area contributed by atoms with Crippen LogP contribution in [0.25, 0.3) is 0 Å². The van der Waals surface area contributed by atoms with Gasteiger partial charge in [-0.25, -0.2) is 4.39 Å². The summed E-state index contributed by atoms with van der Waals surface area (Å²) < 4.78 is 14.0. The van der Waals surface area contributed by atoms with Crippen LogP contribution in [0.5, 0.6) is 0 Å². The van der Waals surface area contributed by atoms with Crippen LogP contribution in [0.2, 0.25) is 5.15 Å². The van der Waals surface area contributed by atoms with Gasteiger partial charge in [-0.2, -0.15) is 5.10 Å². The third kappa shape index (κ3) is 1.18. The molecule has 0 aliphatic rings. The molecule has 5 heteroatoms. The van der Waals surface area contributed by atoms with Crippen molar-refractivity contribution in [2.75, 3.05) is 0 Å². The third-order valence-corrected chi connectivity index (χ3v) is 2.61. The van der Waals surface area contributed by atoms with Crippen molar-refractivity contribution >= 4 is 27.5 Å². The summed E-state index contributed by atoms with van der Waals surface area (Å²) in [6.45, 7) is -0.596. The summed E-state index contributed by atoms with van der Waals surface area (Å²) in [5.41, 5.74) is 0.340. The van der Waals surface area contributed by atoms with Crippen LogP contribution in [-0.4, -0.2) is 9.78 Å². The average Bonchev–Trinajstić information content (AvgIpc) is 2.17. The molecule has 1 aromatic heterocycles. The fraction of sp³-hybridized carbons (Fsp3) is 0.400. The summed E-state index contributed by atoms with van der Waals surface area (Å²) in [5.74, 6) is 0. The first-order chi connectivity index (χ1) is 4.66. The van der Waals surface area contributed by atoms with E-state index in [-0.39, 0.29) is 0 Å². The van der Waals surface area contributed by atoms with Gasteiger partial charge < -0.3 is 0 Å². The largest absolute Gasteiger partial charge is 0.256 e. The zero-order chi connectivity index (χ0) is 7.72. The van der Waals surface area contributed by atoms with E-state index in [4.69, 9.17) is 11.6 Å². The molecule has 0 amide bonds. The first kappa shape index (κ1) is 8.01. The maximum absolute atomic E-state index is 12.0. The standard InChI is InChI=1S/C5H5BrClFN2/c1-10-5(7)4(6)3(2-8)9-10/h2H2,1H3. The highest BCUT2D eigenvalue weighted by atomic mass is 79.9. The number of hydrogen-bond acceptors (Lipinski definition) is 1. The molecule has 0 unspecified atom stereocenters. The van der Waals surface area contributed by atoms with E-state index in [2.05, 4.69) is 21.0 Å². The maximum Gasteiger partial charge on any atom is 0.141 e. The molecule has 0 fully saturated rings. The summed E-state index contributed by atoms with van der Waals surface area (Å²) in [7, 11) is 1.66. The van der Waals surface area contributed by atoms with Gasteiger partial charge in [0, 0.05) is 7.05 Å². The van der Waals surface area contributed by atoms with Gasteiger partial charge in [0.05, 0.1) is 4.47 Å². The Kier molecular flexibility index (Phi) is 2.31. The van der Waals surface area contributed by atoms with Crippen molar-refractivity contribution in [2.45, 2.75) is 6.67 Å². The van der Waals surface area contributed by atoms with E-state index in [1.807, 2.05) is 0 Å². The summed E-state index contributed by atoms with van der Waals surface area (Å²) >= 11 is 8.77. The van der Waals surface area contributed by atoms with Crippen molar-refractivity contribution in [2.24, 2.45) is 7.05 Å². The second-order valence-corrected chi connectivity index (χ2v) is 2.96. The molecule has 1 rings (SSSR count). The quantitative estimate of drug-likeness (QED) is 0.720. The average molecular weight is 227 g/mol. The molecular weight excluding hydrogens is 222 g/mol. The predicted octanol–water partition coefficient (Wildman–Crippen LogP) is 2.31. The van der Waals surface area contributed by atoms with Crippen molar-refractivity contribution in [1.29, 1.82) is 0 Å². The van der Waals surface area contributed by atoms with Crippen molar-refractivity contribution in [3.05, 3.63) is 15.3 Å². The number of rotatable bonds is 1. The van der Waals surface area contributed by atoms with Gasteiger partial charge in [0.1, 0.15) is 17.5 Å². The number of aromatic nitrogens is 2. The summed E-state index contributed by atoms with van der Waals surface area (Å²) in [6, 6.07) is 0. The number of nitrogens with zero attached hydrogens (tertiary/aromatic N) is 2. The fourth-order valence-electron chi connectivity index (χ4n) is 0.615. The molecule has 0 radical (unpaired) electrons. The summed E-state index contributed by atoms with van der Waals surface area (Å²) in [4.78, 5) is 0. The predicted molar refractivity (Wildman–Crippen MR) is 40.7 cm³/mol. The van der Waals surface area contributed by atoms with Gasteiger partial charge in [0.2, 0.25) is 0 Å². The number of aryl methyl sites for hydroxylation is 1. The molecule has 0 saturated carbocycles. The molecule has 10 heavy (non-hydrogen) atoms. The zero-order valence-corrected chi connectivity index (χ0v) is 7.58. The monoisotopic (exact) mass is 226 g/mol. The van der Waals surface area contributed by atoms with Crippen molar-refractivity contribution in [1.82, 2.24) is 9.78 Å². The third-order valence-electron chi connectivity index (χ3n) is 1.12. The molecule has 0 atom stereocenters. The van der Waals surface area contributed by atoms with E-state index in [0.717, 1.165) is 0 Å². The van der Waals surface area contributed by atoms with Crippen LogP contribution < -0.4 is 0 Å². The molecule has 2 nitrogen and oxygen atoms in total. The van der Waals surface area contributed by atoms with E-state index in [1.165, 1.54) is 4.68 Å². The highest BCUT2D eigenvalue weighted by Gasteiger charge is 2.10. The molecule has 0 spiro atoms. The smallest absolute Gasteiger partial charge is 0.141 e. The van der Waals surface area contributed by atoms with Crippen LogP contribution in [-0.2, 0) is 13.7 Å². The first-order valence-electron chi connectivity index (χ1n) is 2.59. The van der Waals surface area contributed by atoms with Crippen molar-refractivity contribution < 1.29 is 4.39 Å². The summed E-state index contributed by atoms with van der Waals surface area (Å²) in [6.07, 6.45) is 0. The second kappa shape index (κ2) is 2.88. The molecule has 0 bridgehead atoms. The van der Waals surface area contributed by atoms with Gasteiger partial charge in [-0.15, -0.1) is 0 Å². The van der Waals surface area contributed by atoms with Crippen molar-refractivity contribution in [3.8, 4) is 0 Å². The number of halogens is 3. The Bertz CT molecular complexity index is 248. The minimum absolute atomic E-state index is 0.340. The molecule has 1 aromatic rings. The van der Waals surface area contributed by atoms with E-state index in [1.54, 1.807) is 7.05 Å². The van der Waals surface area contributed by atoms with Gasteiger partial charge in [0.25, 0.3) is 0 Å². The highest BCUT2D eigenvalue weighted by Crippen LogP contribution is 2.25. The zero-order valence-electron chi connectivity index (χ0n) is 5.24. The topological polar surface area (TPSA) is 17.8 Å². The molecular formula is C5H5BrClFN2. The van der Waals surface area contributed by atoms with Crippen LogP contribution in [0.4, 0.5) is 4.39 Å². The van der Waals surface area contributed by atoms with Crippen LogP contribution in [0.1, 0.15) is 5.69 Å². The Hall–Kier alpha value is -0.0900. The number of alkyl halides is 1. The number of hydrogen-bond donors (Lipinski definition) is 0. The molecule has 0 aromatic carbocycles. The maximum atomic E-state index is 12.0. The summed E-state index contributed by atoms with van der Waals surface area (Å²) in [5, 5.41) is 4.21. The van der Waals surface area contributed by atoms with Crippen molar-refractivity contribution in [3.63, 3.8) is 0 Å². The lowest BCUT2D eigenvalue weighted by atomic mass is 10.5. The van der Waals surface area contributed by atoms with Gasteiger partial charge in [0.15, 0.2) is 0 Å². The van der Waals surface area contributed by atoms with Crippen LogP contribution in [0.15, 0.2) is 4.47 Å². The first-order valence-corrected chi connectivity index (χ1v) is 3.76. The Morgan fingerprint density at radius 1 is 1.80 bits per heavy atom. The van der Waals surface area contributed by atoms with E-state index >= 15 is 0 Å². The minimum atomic E-state index is -0.596. The SMILES string of the molecule is Cn1nc(CF)c(Br)c1Cl. The fourth-order valence-corrected chi connectivity index (χ4v) is 1.20. The van der Waals surface area contributed by atoms with E-state index in [9.17, 15) is 4.39 Å². The van der Waals surface area contributed by atoms with Gasteiger partial charge >= 0.3 is 0 Å². The normalized spacial score (nSPS) is 10.4. The molecule has 0 saturated heterocycles. The van der Waals surface area contributed by atoms with Crippen LogP contribution in [0.3, 0.4) is 0 Å². The second-order valence-electron chi connectivity index (χ2n) is 1.81. The van der Waals surface area contributed by atoms with E-state index in [0.29, 0.717) is 15.3 Å². The van der Waals surface area contributed by atoms with Crippen LogP contribution in [0, 0.1) is 0 Å². The Balaban J connectivity index is 3.17. The van der Waals surface area contributed by atoms with Gasteiger partial charge in [-0.1, -0.05) is 11.6 Å². The van der Waals surface area contributed by atoms with Crippen LogP contribution >= 0.6 is 27.5 Å². The molecule has 0 aliphatic carbocycles. The minimum Gasteiger partial charge on any atom is -0.256 e. The Labute approximate surface area is 71.1 Å².